The number of benzene rings is 2. The van der Waals surface area contributed by atoms with Crippen LogP contribution in [0.25, 0.3) is 0 Å². The lowest BCUT2D eigenvalue weighted by molar-refractivity contribution is -0.121. The zero-order valence-electron chi connectivity index (χ0n) is 14.9. The number of amides is 3. The third-order valence-corrected chi connectivity index (χ3v) is 5.31. The number of nitrogens with one attached hydrogen (secondary N) is 2. The maximum atomic E-state index is 12.2. The maximum absolute atomic E-state index is 12.2. The Morgan fingerprint density at radius 2 is 1.86 bits per heavy atom. The van der Waals surface area contributed by atoms with Gasteiger partial charge in [0.2, 0.25) is 11.8 Å². The number of nitrogens with zero attached hydrogens (tertiary/aromatic N) is 1. The van der Waals surface area contributed by atoms with E-state index in [0.29, 0.717) is 22.3 Å². The molecule has 0 spiro atoms. The summed E-state index contributed by atoms with van der Waals surface area (Å²) in [6.45, 7) is 0.414. The molecule has 144 valence electrons. The maximum Gasteiger partial charge on any atom is 0.260 e. The minimum atomic E-state index is -0.615. The van der Waals surface area contributed by atoms with Crippen LogP contribution >= 0.6 is 23.4 Å². The van der Waals surface area contributed by atoms with Crippen molar-refractivity contribution in [2.75, 3.05) is 5.32 Å². The van der Waals surface area contributed by atoms with Crippen LogP contribution in [0, 0.1) is 0 Å². The Morgan fingerprint density at radius 3 is 2.61 bits per heavy atom. The summed E-state index contributed by atoms with van der Waals surface area (Å²) >= 11 is 7.05. The van der Waals surface area contributed by atoms with E-state index in [9.17, 15) is 14.4 Å². The summed E-state index contributed by atoms with van der Waals surface area (Å²) in [5.74, 6) is -0.915. The van der Waals surface area contributed by atoms with Gasteiger partial charge in [-0.3, -0.25) is 14.4 Å². The monoisotopic (exact) mass is 415 g/mol. The molecule has 3 rings (SSSR count). The summed E-state index contributed by atoms with van der Waals surface area (Å²) in [4.78, 5) is 40.2. The lowest BCUT2D eigenvalue weighted by Crippen LogP contribution is -2.24. The number of thioether (sulfide) groups is 1. The minimum absolute atomic E-state index is 0.0192. The molecule has 0 radical (unpaired) electrons. The van der Waals surface area contributed by atoms with Gasteiger partial charge in [0.1, 0.15) is 5.25 Å². The van der Waals surface area contributed by atoms with Crippen molar-refractivity contribution >= 4 is 51.8 Å². The Hall–Kier alpha value is -2.64. The van der Waals surface area contributed by atoms with E-state index in [1.165, 1.54) is 0 Å². The van der Waals surface area contributed by atoms with Crippen LogP contribution in [-0.4, -0.2) is 28.0 Å². The molecule has 1 heterocycles. The van der Waals surface area contributed by atoms with Gasteiger partial charge in [-0.05, 0) is 23.8 Å². The third kappa shape index (κ3) is 5.94. The fourth-order valence-corrected chi connectivity index (χ4v) is 3.85. The predicted octanol–water partition coefficient (Wildman–Crippen LogP) is 3.42. The third-order valence-electron chi connectivity index (χ3n) is 3.91. The molecule has 6 nitrogen and oxygen atoms in total. The second-order valence-corrected chi connectivity index (χ2v) is 7.86. The first-order valence-corrected chi connectivity index (χ1v) is 9.89. The van der Waals surface area contributed by atoms with Crippen LogP contribution in [0.2, 0.25) is 5.02 Å². The van der Waals surface area contributed by atoms with E-state index in [-0.39, 0.29) is 24.7 Å². The van der Waals surface area contributed by atoms with Crippen LogP contribution in [0.1, 0.15) is 18.4 Å². The highest BCUT2D eigenvalue weighted by Crippen LogP contribution is 2.27. The lowest BCUT2D eigenvalue weighted by Gasteiger charge is -2.09. The van der Waals surface area contributed by atoms with Gasteiger partial charge in [-0.15, -0.1) is 0 Å². The molecular weight excluding hydrogens is 398 g/mol. The summed E-state index contributed by atoms with van der Waals surface area (Å²) in [7, 11) is 0. The summed E-state index contributed by atoms with van der Waals surface area (Å²) < 4.78 is 0. The second kappa shape index (κ2) is 9.52. The SMILES string of the molecule is O=C(CC1=NC(=O)[C@@H](CC(=O)Nc2cccc(Cl)c2)S1)NCc1ccccc1. The molecule has 8 heteroatoms. The van der Waals surface area contributed by atoms with Gasteiger partial charge in [0.25, 0.3) is 5.91 Å². The Balaban J connectivity index is 1.45. The number of halogens is 1. The van der Waals surface area contributed by atoms with Crippen LogP contribution in [0.5, 0.6) is 0 Å². The first-order valence-electron chi connectivity index (χ1n) is 8.64. The number of rotatable bonds is 7. The molecule has 3 amide bonds. The highest BCUT2D eigenvalue weighted by atomic mass is 35.5. The van der Waals surface area contributed by atoms with Crippen LogP contribution < -0.4 is 10.6 Å². The van der Waals surface area contributed by atoms with E-state index in [2.05, 4.69) is 15.6 Å². The summed E-state index contributed by atoms with van der Waals surface area (Å²) in [5, 5.41) is 5.83. The molecule has 2 aromatic carbocycles. The Morgan fingerprint density at radius 1 is 1.07 bits per heavy atom. The molecule has 0 fully saturated rings. The molecule has 0 unspecified atom stereocenters. The largest absolute Gasteiger partial charge is 0.352 e. The highest BCUT2D eigenvalue weighted by molar-refractivity contribution is 8.15. The molecular formula is C20H18ClN3O3S. The predicted molar refractivity (Wildman–Crippen MR) is 111 cm³/mol. The van der Waals surface area contributed by atoms with Crippen LogP contribution in [0.3, 0.4) is 0 Å². The first kappa shape index (κ1) is 20.1. The van der Waals surface area contributed by atoms with Crippen LogP contribution in [0.4, 0.5) is 5.69 Å². The minimum Gasteiger partial charge on any atom is -0.352 e. The molecule has 0 aromatic heterocycles. The van der Waals surface area contributed by atoms with Crippen LogP contribution in [0.15, 0.2) is 59.6 Å². The average molecular weight is 416 g/mol. The van der Waals surface area contributed by atoms with Gasteiger partial charge in [-0.1, -0.05) is 59.8 Å². The van der Waals surface area contributed by atoms with Gasteiger partial charge in [-0.25, -0.2) is 4.99 Å². The Bertz CT molecular complexity index is 918. The number of carbonyl (C=O) groups is 3. The van der Waals surface area contributed by atoms with Gasteiger partial charge >= 0.3 is 0 Å². The average Bonchev–Trinajstić information content (AvgIpc) is 2.99. The van der Waals surface area contributed by atoms with E-state index in [1.54, 1.807) is 24.3 Å². The number of aliphatic imine (C=N–C) groups is 1. The van der Waals surface area contributed by atoms with E-state index in [1.807, 2.05) is 30.3 Å². The molecule has 1 aliphatic heterocycles. The van der Waals surface area contributed by atoms with Crippen molar-refractivity contribution in [3.63, 3.8) is 0 Å². The van der Waals surface area contributed by atoms with Gasteiger partial charge in [0.15, 0.2) is 0 Å². The number of carbonyl (C=O) groups excluding carboxylic acids is 3. The molecule has 1 aliphatic rings. The van der Waals surface area contributed by atoms with Crippen molar-refractivity contribution in [3.8, 4) is 0 Å². The molecule has 0 bridgehead atoms. The fraction of sp³-hybridized carbons (Fsp3) is 0.200. The van der Waals surface area contributed by atoms with E-state index < -0.39 is 11.2 Å². The standard InChI is InChI=1S/C20H18ClN3O3S/c21-14-7-4-8-15(9-14)23-18(26)10-16-20(27)24-19(28-16)11-17(25)22-12-13-5-2-1-3-6-13/h1-9,16H,10-12H2,(H,22,25)(H,23,26)/t16-/m1/s1. The van der Waals surface area contributed by atoms with Crippen molar-refractivity contribution in [3.05, 3.63) is 65.2 Å². The zero-order valence-corrected chi connectivity index (χ0v) is 16.4. The molecule has 0 saturated heterocycles. The molecule has 28 heavy (non-hydrogen) atoms. The first-order chi connectivity index (χ1) is 13.5. The fourth-order valence-electron chi connectivity index (χ4n) is 2.59. The molecule has 2 aromatic rings. The van der Waals surface area contributed by atoms with Gasteiger partial charge in [0, 0.05) is 23.7 Å². The summed E-state index contributed by atoms with van der Waals surface area (Å²) in [6.07, 6.45) is 0.00427. The van der Waals surface area contributed by atoms with Gasteiger partial charge < -0.3 is 10.6 Å². The highest BCUT2D eigenvalue weighted by Gasteiger charge is 2.31. The summed E-state index contributed by atoms with van der Waals surface area (Å²) in [6, 6.07) is 16.3. The van der Waals surface area contributed by atoms with Crippen molar-refractivity contribution in [2.45, 2.75) is 24.6 Å². The topological polar surface area (TPSA) is 87.6 Å². The van der Waals surface area contributed by atoms with E-state index >= 15 is 0 Å². The van der Waals surface area contributed by atoms with Crippen molar-refractivity contribution in [1.29, 1.82) is 0 Å². The number of hydrogen-bond acceptors (Lipinski definition) is 4. The van der Waals surface area contributed by atoms with Crippen molar-refractivity contribution in [1.82, 2.24) is 5.32 Å². The van der Waals surface area contributed by atoms with E-state index in [0.717, 1.165) is 17.3 Å². The quantitative estimate of drug-likeness (QED) is 0.725. The van der Waals surface area contributed by atoms with Crippen molar-refractivity contribution < 1.29 is 14.4 Å². The molecule has 0 saturated carbocycles. The van der Waals surface area contributed by atoms with E-state index in [4.69, 9.17) is 11.6 Å². The Kier molecular flexibility index (Phi) is 6.84. The second-order valence-electron chi connectivity index (χ2n) is 6.15. The number of hydrogen-bond donors (Lipinski definition) is 2. The summed E-state index contributed by atoms with van der Waals surface area (Å²) in [5.41, 5.74) is 1.55. The zero-order chi connectivity index (χ0) is 19.9. The molecule has 1 atom stereocenters. The normalized spacial score (nSPS) is 15.8. The Labute approximate surface area is 171 Å². The van der Waals surface area contributed by atoms with Crippen molar-refractivity contribution in [2.24, 2.45) is 4.99 Å². The van der Waals surface area contributed by atoms with Gasteiger partial charge in [0.05, 0.1) is 11.5 Å². The van der Waals surface area contributed by atoms with Crippen LogP contribution in [-0.2, 0) is 20.9 Å². The molecule has 2 N–H and O–H groups in total. The van der Waals surface area contributed by atoms with Gasteiger partial charge in [-0.2, -0.15) is 0 Å². The number of anilines is 1. The smallest absolute Gasteiger partial charge is 0.260 e. The molecule has 0 aliphatic carbocycles. The lowest BCUT2D eigenvalue weighted by atomic mass is 10.2.